The zero-order valence-corrected chi connectivity index (χ0v) is 8.94. The maximum atomic E-state index is 10.7. The summed E-state index contributed by atoms with van der Waals surface area (Å²) in [5, 5.41) is 17.3. The quantitative estimate of drug-likeness (QED) is 0.467. The highest BCUT2D eigenvalue weighted by molar-refractivity contribution is 6.31. The van der Waals surface area contributed by atoms with Crippen molar-refractivity contribution < 1.29 is 4.92 Å². The first-order valence-corrected chi connectivity index (χ1v) is 4.86. The van der Waals surface area contributed by atoms with Gasteiger partial charge in [-0.25, -0.2) is 0 Å². The molecule has 0 heterocycles. The van der Waals surface area contributed by atoms with Crippen LogP contribution in [-0.2, 0) is 0 Å². The summed E-state index contributed by atoms with van der Waals surface area (Å²) in [5.74, 6) is 0. The third-order valence-electron chi connectivity index (χ3n) is 1.81. The van der Waals surface area contributed by atoms with Crippen LogP contribution in [0.25, 0.3) is 0 Å². The van der Waals surface area contributed by atoms with Crippen molar-refractivity contribution in [1.82, 2.24) is 0 Å². The molecule has 6 heteroatoms. The Bertz CT molecular complexity index is 417. The number of nitro groups is 1. The molecule has 0 aliphatic heterocycles. The van der Waals surface area contributed by atoms with E-state index in [0.29, 0.717) is 0 Å². The molecule has 0 saturated carbocycles. The van der Waals surface area contributed by atoms with Crippen LogP contribution in [0.15, 0.2) is 24.3 Å². The predicted octanol–water partition coefficient (Wildman–Crippen LogP) is 3.01. The second kappa shape index (κ2) is 4.96. The normalized spacial score (nSPS) is 13.9. The number of nitro benzene ring substituents is 1. The van der Waals surface area contributed by atoms with Crippen molar-refractivity contribution in [1.29, 1.82) is 5.26 Å². The molecule has 0 aromatic heterocycles. The van der Waals surface area contributed by atoms with E-state index in [0.717, 1.165) is 0 Å². The number of hydrogen-bond donors (Lipinski definition) is 0. The number of nitrogens with zero attached hydrogens (tertiary/aromatic N) is 2. The molecule has 0 aliphatic carbocycles. The number of hydrogen-bond acceptors (Lipinski definition) is 3. The molecular weight excluding hydrogens is 239 g/mol. The maximum absolute atomic E-state index is 10.7. The summed E-state index contributed by atoms with van der Waals surface area (Å²) in [6.07, 6.45) is 0. The molecule has 1 rings (SSSR count). The summed E-state index contributed by atoms with van der Waals surface area (Å²) in [6.45, 7) is 0. The maximum Gasteiger partial charge on any atom is 0.274 e. The summed E-state index contributed by atoms with van der Waals surface area (Å²) in [4.78, 5) is 10.1. The monoisotopic (exact) mass is 244 g/mol. The van der Waals surface area contributed by atoms with Crippen LogP contribution >= 0.6 is 23.2 Å². The van der Waals surface area contributed by atoms with Gasteiger partial charge < -0.3 is 0 Å². The molecule has 0 spiro atoms. The SMILES string of the molecule is N#CC(Cl)C(Cl)c1ccccc1[N+](=O)[O-]. The third kappa shape index (κ3) is 2.58. The van der Waals surface area contributed by atoms with E-state index in [9.17, 15) is 10.1 Å². The van der Waals surface area contributed by atoms with Gasteiger partial charge in [0.1, 0.15) is 5.38 Å². The number of alkyl halides is 2. The molecule has 0 fully saturated rings. The van der Waals surface area contributed by atoms with E-state index in [4.69, 9.17) is 28.5 Å². The fourth-order valence-corrected chi connectivity index (χ4v) is 1.49. The second-order valence-electron chi connectivity index (χ2n) is 2.75. The second-order valence-corrected chi connectivity index (χ2v) is 3.69. The fraction of sp³-hybridized carbons (Fsp3) is 0.222. The van der Waals surface area contributed by atoms with Gasteiger partial charge in [0, 0.05) is 6.07 Å². The van der Waals surface area contributed by atoms with Gasteiger partial charge in [-0.2, -0.15) is 5.26 Å². The first-order chi connectivity index (χ1) is 7.07. The minimum absolute atomic E-state index is 0.126. The van der Waals surface area contributed by atoms with E-state index in [2.05, 4.69) is 0 Å². The Labute approximate surface area is 96.2 Å². The number of halogens is 2. The van der Waals surface area contributed by atoms with Crippen LogP contribution in [0, 0.1) is 21.4 Å². The average molecular weight is 245 g/mol. The minimum atomic E-state index is -0.993. The van der Waals surface area contributed by atoms with E-state index in [1.165, 1.54) is 18.2 Å². The molecule has 78 valence electrons. The molecule has 4 nitrogen and oxygen atoms in total. The van der Waals surface area contributed by atoms with Gasteiger partial charge in [0.05, 0.1) is 21.9 Å². The van der Waals surface area contributed by atoms with Crippen molar-refractivity contribution in [2.75, 3.05) is 0 Å². The molecule has 2 atom stereocenters. The average Bonchev–Trinajstić information content (AvgIpc) is 2.27. The van der Waals surface area contributed by atoms with Crippen molar-refractivity contribution in [3.63, 3.8) is 0 Å². The molecule has 0 aliphatic rings. The lowest BCUT2D eigenvalue weighted by Crippen LogP contribution is -2.07. The molecule has 0 amide bonds. The molecular formula is C9H6Cl2N2O2. The molecule has 0 radical (unpaired) electrons. The Morgan fingerprint density at radius 3 is 2.53 bits per heavy atom. The molecule has 0 saturated heterocycles. The minimum Gasteiger partial charge on any atom is -0.258 e. The molecule has 1 aromatic carbocycles. The van der Waals surface area contributed by atoms with Crippen molar-refractivity contribution >= 4 is 28.9 Å². The summed E-state index contributed by atoms with van der Waals surface area (Å²) >= 11 is 11.5. The van der Waals surface area contributed by atoms with Crippen molar-refractivity contribution in [2.24, 2.45) is 0 Å². The molecule has 0 N–H and O–H groups in total. The van der Waals surface area contributed by atoms with E-state index < -0.39 is 15.7 Å². The summed E-state index contributed by atoms with van der Waals surface area (Å²) in [5.41, 5.74) is 0.129. The van der Waals surface area contributed by atoms with E-state index in [-0.39, 0.29) is 11.3 Å². The molecule has 0 bridgehead atoms. The molecule has 2 unspecified atom stereocenters. The van der Waals surface area contributed by atoms with Gasteiger partial charge in [-0.15, -0.1) is 23.2 Å². The van der Waals surface area contributed by atoms with Gasteiger partial charge in [-0.3, -0.25) is 10.1 Å². The van der Waals surface area contributed by atoms with Crippen molar-refractivity contribution in [3.8, 4) is 6.07 Å². The van der Waals surface area contributed by atoms with Gasteiger partial charge in [0.15, 0.2) is 0 Å². The smallest absolute Gasteiger partial charge is 0.258 e. The Morgan fingerprint density at radius 1 is 1.40 bits per heavy atom. The Kier molecular flexibility index (Phi) is 3.89. The number of para-hydroxylation sites is 1. The van der Waals surface area contributed by atoms with Crippen LogP contribution in [0.2, 0.25) is 0 Å². The van der Waals surface area contributed by atoms with Crippen LogP contribution in [-0.4, -0.2) is 10.3 Å². The fourth-order valence-electron chi connectivity index (χ4n) is 1.11. The van der Waals surface area contributed by atoms with Gasteiger partial charge in [0.25, 0.3) is 5.69 Å². The zero-order valence-electron chi connectivity index (χ0n) is 7.43. The van der Waals surface area contributed by atoms with E-state index >= 15 is 0 Å². The van der Waals surface area contributed by atoms with Gasteiger partial charge in [0.2, 0.25) is 0 Å². The molecule has 1 aromatic rings. The van der Waals surface area contributed by atoms with Crippen LogP contribution in [0.4, 0.5) is 5.69 Å². The summed E-state index contributed by atoms with van der Waals surface area (Å²) in [6, 6.07) is 7.69. The van der Waals surface area contributed by atoms with Crippen molar-refractivity contribution in [2.45, 2.75) is 10.8 Å². The number of benzene rings is 1. The Hall–Kier alpha value is -1.31. The standard InChI is InChI=1S/C9H6Cl2N2O2/c10-7(5-12)9(11)6-3-1-2-4-8(6)13(14)15/h1-4,7,9H. The first-order valence-electron chi connectivity index (χ1n) is 3.99. The lowest BCUT2D eigenvalue weighted by atomic mass is 10.1. The van der Waals surface area contributed by atoms with E-state index in [1.807, 2.05) is 0 Å². The highest BCUT2D eigenvalue weighted by Crippen LogP contribution is 2.33. The number of rotatable bonds is 3. The lowest BCUT2D eigenvalue weighted by Gasteiger charge is -2.09. The first kappa shape index (κ1) is 11.8. The van der Waals surface area contributed by atoms with Crippen LogP contribution < -0.4 is 0 Å². The highest BCUT2D eigenvalue weighted by Gasteiger charge is 2.25. The van der Waals surface area contributed by atoms with Crippen LogP contribution in [0.1, 0.15) is 10.9 Å². The summed E-state index contributed by atoms with van der Waals surface area (Å²) < 4.78 is 0. The van der Waals surface area contributed by atoms with Crippen LogP contribution in [0.5, 0.6) is 0 Å². The predicted molar refractivity (Wildman–Crippen MR) is 56.9 cm³/mol. The third-order valence-corrected chi connectivity index (χ3v) is 2.78. The van der Waals surface area contributed by atoms with Gasteiger partial charge in [-0.1, -0.05) is 18.2 Å². The molecule has 15 heavy (non-hydrogen) atoms. The highest BCUT2D eigenvalue weighted by atomic mass is 35.5. The topological polar surface area (TPSA) is 66.9 Å². The summed E-state index contributed by atoms with van der Waals surface area (Å²) in [7, 11) is 0. The largest absolute Gasteiger partial charge is 0.274 e. The van der Waals surface area contributed by atoms with Gasteiger partial charge in [-0.05, 0) is 0 Å². The van der Waals surface area contributed by atoms with Crippen LogP contribution in [0.3, 0.4) is 0 Å². The Balaban J connectivity index is 3.14. The Morgan fingerprint density at radius 2 is 2.00 bits per heavy atom. The van der Waals surface area contributed by atoms with E-state index in [1.54, 1.807) is 12.1 Å². The van der Waals surface area contributed by atoms with Gasteiger partial charge >= 0.3 is 0 Å². The lowest BCUT2D eigenvalue weighted by molar-refractivity contribution is -0.385. The van der Waals surface area contributed by atoms with Crippen molar-refractivity contribution in [3.05, 3.63) is 39.9 Å². The zero-order chi connectivity index (χ0) is 11.4. The number of nitriles is 1.